The number of rotatable bonds is 3. The molecule has 0 aliphatic heterocycles. The van der Waals surface area contributed by atoms with Crippen molar-refractivity contribution in [1.29, 1.82) is 0 Å². The van der Waals surface area contributed by atoms with E-state index in [-0.39, 0.29) is 0 Å². The molecule has 0 fully saturated rings. The molecule has 0 saturated carbocycles. The maximum Gasteiger partial charge on any atom is 0.152 e. The van der Waals surface area contributed by atoms with Crippen LogP contribution in [0.4, 0.5) is 17.2 Å². The van der Waals surface area contributed by atoms with Gasteiger partial charge in [0.05, 0.1) is 27.1 Å². The number of aromatic nitrogens is 3. The maximum absolute atomic E-state index is 6.19. The molecule has 3 N–H and O–H groups in total. The van der Waals surface area contributed by atoms with E-state index in [1.807, 2.05) is 24.7 Å². The standard InChI is InChI=1S/C14H17N5S/c1-8(2)13-12(15)14(19(3)18-13)17-9-4-5-10-11(6-9)20-7-16-10/h4-8,17H,15H2,1-3H3. The van der Waals surface area contributed by atoms with Crippen molar-refractivity contribution in [2.24, 2.45) is 7.05 Å². The summed E-state index contributed by atoms with van der Waals surface area (Å²) in [7, 11) is 1.90. The summed E-state index contributed by atoms with van der Waals surface area (Å²) in [5, 5.41) is 7.83. The number of nitrogen functional groups attached to an aromatic ring is 1. The molecule has 0 aliphatic carbocycles. The number of aryl methyl sites for hydroxylation is 1. The lowest BCUT2D eigenvalue weighted by molar-refractivity contribution is 0.718. The number of nitrogens with one attached hydrogen (secondary N) is 1. The number of anilines is 3. The lowest BCUT2D eigenvalue weighted by Crippen LogP contribution is -2.01. The molecule has 0 radical (unpaired) electrons. The molecule has 0 atom stereocenters. The number of benzene rings is 1. The Balaban J connectivity index is 1.98. The highest BCUT2D eigenvalue weighted by Gasteiger charge is 2.16. The molecule has 3 rings (SSSR count). The van der Waals surface area contributed by atoms with Crippen molar-refractivity contribution < 1.29 is 0 Å². The van der Waals surface area contributed by atoms with Crippen LogP contribution in [0.3, 0.4) is 0 Å². The van der Waals surface area contributed by atoms with Gasteiger partial charge in [0, 0.05) is 12.7 Å². The van der Waals surface area contributed by atoms with Crippen LogP contribution < -0.4 is 11.1 Å². The molecule has 3 aromatic rings. The van der Waals surface area contributed by atoms with Crippen molar-refractivity contribution in [1.82, 2.24) is 14.8 Å². The van der Waals surface area contributed by atoms with Crippen LogP contribution in [0.15, 0.2) is 23.7 Å². The Bertz CT molecular complexity index is 756. The van der Waals surface area contributed by atoms with Crippen LogP contribution >= 0.6 is 11.3 Å². The lowest BCUT2D eigenvalue weighted by atomic mass is 10.1. The third-order valence-electron chi connectivity index (χ3n) is 3.25. The molecule has 6 heteroatoms. The molecule has 2 heterocycles. The summed E-state index contributed by atoms with van der Waals surface area (Å²) in [6, 6.07) is 6.09. The third-order valence-corrected chi connectivity index (χ3v) is 4.05. The van der Waals surface area contributed by atoms with Gasteiger partial charge in [0.2, 0.25) is 0 Å². The first-order valence-electron chi connectivity index (χ1n) is 6.49. The van der Waals surface area contributed by atoms with Gasteiger partial charge in [-0.25, -0.2) is 4.98 Å². The average Bonchev–Trinajstić information content (AvgIpc) is 2.97. The van der Waals surface area contributed by atoms with E-state index < -0.39 is 0 Å². The van der Waals surface area contributed by atoms with Crippen LogP contribution in [0.1, 0.15) is 25.5 Å². The molecule has 0 spiro atoms. The highest BCUT2D eigenvalue weighted by atomic mass is 32.1. The normalized spacial score (nSPS) is 11.4. The largest absolute Gasteiger partial charge is 0.394 e. The quantitative estimate of drug-likeness (QED) is 0.774. The Kier molecular flexibility index (Phi) is 3.10. The van der Waals surface area contributed by atoms with Gasteiger partial charge in [0.1, 0.15) is 0 Å². The number of hydrogen-bond donors (Lipinski definition) is 2. The number of nitrogens with zero attached hydrogens (tertiary/aromatic N) is 3. The molecule has 104 valence electrons. The fourth-order valence-corrected chi connectivity index (χ4v) is 2.92. The van der Waals surface area contributed by atoms with Gasteiger partial charge in [-0.15, -0.1) is 11.3 Å². The first kappa shape index (κ1) is 12.9. The number of thiazole rings is 1. The van der Waals surface area contributed by atoms with Gasteiger partial charge in [-0.05, 0) is 24.1 Å². The molecule has 5 nitrogen and oxygen atoms in total. The van der Waals surface area contributed by atoms with Gasteiger partial charge in [-0.2, -0.15) is 5.10 Å². The topological polar surface area (TPSA) is 68.8 Å². The predicted octanol–water partition coefficient (Wildman–Crippen LogP) is 3.48. The van der Waals surface area contributed by atoms with E-state index in [2.05, 4.69) is 35.3 Å². The molecule has 20 heavy (non-hydrogen) atoms. The van der Waals surface area contributed by atoms with Crippen LogP contribution in [0.5, 0.6) is 0 Å². The van der Waals surface area contributed by atoms with E-state index in [9.17, 15) is 0 Å². The Morgan fingerprint density at radius 1 is 1.35 bits per heavy atom. The van der Waals surface area contributed by atoms with Crippen LogP contribution in [-0.4, -0.2) is 14.8 Å². The highest BCUT2D eigenvalue weighted by molar-refractivity contribution is 7.16. The molecule has 0 saturated heterocycles. The molecule has 1 aromatic carbocycles. The summed E-state index contributed by atoms with van der Waals surface area (Å²) < 4.78 is 2.95. The number of fused-ring (bicyclic) bond motifs is 1. The molecule has 0 unspecified atom stereocenters. The predicted molar refractivity (Wildman–Crippen MR) is 84.6 cm³/mol. The zero-order valence-corrected chi connectivity index (χ0v) is 12.5. The summed E-state index contributed by atoms with van der Waals surface area (Å²) in [6.45, 7) is 4.18. The minimum atomic E-state index is 0.306. The summed E-state index contributed by atoms with van der Waals surface area (Å²) in [5.41, 5.74) is 11.7. The maximum atomic E-state index is 6.19. The fraction of sp³-hybridized carbons (Fsp3) is 0.286. The third kappa shape index (κ3) is 2.12. The zero-order valence-electron chi connectivity index (χ0n) is 11.7. The van der Waals surface area contributed by atoms with E-state index in [1.165, 1.54) is 0 Å². The Morgan fingerprint density at radius 3 is 2.85 bits per heavy atom. The molecule has 0 bridgehead atoms. The molecular weight excluding hydrogens is 270 g/mol. The second kappa shape index (κ2) is 4.79. The van der Waals surface area contributed by atoms with E-state index in [0.717, 1.165) is 27.4 Å². The SMILES string of the molecule is CC(C)c1nn(C)c(Nc2ccc3ncsc3c2)c1N. The smallest absolute Gasteiger partial charge is 0.152 e. The Hall–Kier alpha value is -2.08. The van der Waals surface area contributed by atoms with Crippen molar-refractivity contribution in [2.75, 3.05) is 11.1 Å². The van der Waals surface area contributed by atoms with Crippen LogP contribution in [0.25, 0.3) is 10.2 Å². The van der Waals surface area contributed by atoms with E-state index in [0.29, 0.717) is 11.6 Å². The van der Waals surface area contributed by atoms with Crippen molar-refractivity contribution >= 4 is 38.7 Å². The average molecular weight is 287 g/mol. The lowest BCUT2D eigenvalue weighted by Gasteiger charge is -2.08. The van der Waals surface area contributed by atoms with Gasteiger partial charge >= 0.3 is 0 Å². The van der Waals surface area contributed by atoms with Crippen LogP contribution in [0, 0.1) is 0 Å². The minimum absolute atomic E-state index is 0.306. The van der Waals surface area contributed by atoms with Gasteiger partial charge < -0.3 is 11.1 Å². The summed E-state index contributed by atoms with van der Waals surface area (Å²) in [6.07, 6.45) is 0. The van der Waals surface area contributed by atoms with Gasteiger partial charge in [-0.3, -0.25) is 4.68 Å². The second-order valence-corrected chi connectivity index (χ2v) is 5.97. The monoisotopic (exact) mass is 287 g/mol. The van der Waals surface area contributed by atoms with E-state index in [4.69, 9.17) is 5.73 Å². The van der Waals surface area contributed by atoms with Crippen molar-refractivity contribution in [2.45, 2.75) is 19.8 Å². The van der Waals surface area contributed by atoms with E-state index in [1.54, 1.807) is 16.0 Å². The number of hydrogen-bond acceptors (Lipinski definition) is 5. The van der Waals surface area contributed by atoms with Gasteiger partial charge in [0.25, 0.3) is 0 Å². The van der Waals surface area contributed by atoms with Crippen molar-refractivity contribution in [3.63, 3.8) is 0 Å². The first-order chi connectivity index (χ1) is 9.56. The first-order valence-corrected chi connectivity index (χ1v) is 7.37. The second-order valence-electron chi connectivity index (χ2n) is 5.09. The Morgan fingerprint density at radius 2 is 2.15 bits per heavy atom. The van der Waals surface area contributed by atoms with E-state index >= 15 is 0 Å². The van der Waals surface area contributed by atoms with Gasteiger partial charge in [0.15, 0.2) is 5.82 Å². The Labute approximate surface area is 121 Å². The highest BCUT2D eigenvalue weighted by Crippen LogP contribution is 2.31. The zero-order chi connectivity index (χ0) is 14.3. The summed E-state index contributed by atoms with van der Waals surface area (Å²) in [4.78, 5) is 4.28. The van der Waals surface area contributed by atoms with Crippen molar-refractivity contribution in [3.05, 3.63) is 29.4 Å². The fourth-order valence-electron chi connectivity index (χ4n) is 2.21. The summed E-state index contributed by atoms with van der Waals surface area (Å²) in [5.74, 6) is 1.14. The van der Waals surface area contributed by atoms with Gasteiger partial charge in [-0.1, -0.05) is 13.8 Å². The van der Waals surface area contributed by atoms with Crippen LogP contribution in [0.2, 0.25) is 0 Å². The van der Waals surface area contributed by atoms with Crippen LogP contribution in [-0.2, 0) is 7.05 Å². The molecule has 0 amide bonds. The molecule has 0 aliphatic rings. The number of nitrogens with two attached hydrogens (primary N) is 1. The minimum Gasteiger partial charge on any atom is -0.394 e. The molecular formula is C14H17N5S. The molecule has 2 aromatic heterocycles. The summed E-state index contributed by atoms with van der Waals surface area (Å²) >= 11 is 1.63. The van der Waals surface area contributed by atoms with Crippen molar-refractivity contribution in [3.8, 4) is 0 Å².